The van der Waals surface area contributed by atoms with Crippen LogP contribution in [0.4, 0.5) is 0 Å². The van der Waals surface area contributed by atoms with Crippen molar-refractivity contribution in [3.63, 3.8) is 0 Å². The maximum Gasteiger partial charge on any atom is 0.192 e. The number of nitrogens with zero attached hydrogens (tertiary/aromatic N) is 3. The van der Waals surface area contributed by atoms with Crippen molar-refractivity contribution in [3.8, 4) is 0 Å². The van der Waals surface area contributed by atoms with Crippen LogP contribution in [0, 0.1) is 5.41 Å². The Labute approximate surface area is 210 Å². The van der Waals surface area contributed by atoms with E-state index in [9.17, 15) is 0 Å². The second kappa shape index (κ2) is 19.3. The summed E-state index contributed by atoms with van der Waals surface area (Å²) in [7, 11) is 7.25. The van der Waals surface area contributed by atoms with Gasteiger partial charge >= 0.3 is 0 Å². The van der Waals surface area contributed by atoms with Crippen molar-refractivity contribution in [1.82, 2.24) is 14.7 Å². The van der Waals surface area contributed by atoms with Crippen LogP contribution in [0.2, 0.25) is 18.1 Å². The molecule has 0 unspecified atom stereocenters. The molecule has 0 spiro atoms. The second-order valence-corrected chi connectivity index (χ2v) is 15.5. The van der Waals surface area contributed by atoms with Crippen molar-refractivity contribution >= 4 is 8.32 Å². The lowest BCUT2D eigenvalue weighted by Gasteiger charge is -2.42. The van der Waals surface area contributed by atoms with Crippen LogP contribution in [0.5, 0.6) is 0 Å². The molecule has 0 aliphatic heterocycles. The smallest absolute Gasteiger partial charge is 0.192 e. The normalized spacial score (nSPS) is 13.1. The van der Waals surface area contributed by atoms with E-state index in [2.05, 4.69) is 70.5 Å². The molecule has 0 aromatic heterocycles. The lowest BCUT2D eigenvalue weighted by Crippen LogP contribution is -2.43. The van der Waals surface area contributed by atoms with Gasteiger partial charge in [0.1, 0.15) is 0 Å². The number of hydrogen-bond donors (Lipinski definition) is 0. The van der Waals surface area contributed by atoms with Gasteiger partial charge in [0.05, 0.1) is 0 Å². The molecule has 4 nitrogen and oxygen atoms in total. The molecule has 5 heteroatoms. The molecule has 0 aliphatic carbocycles. The molecular weight excluding hydrogens is 422 g/mol. The monoisotopic (exact) mass is 485 g/mol. The molecule has 0 aromatic rings. The fourth-order valence-corrected chi connectivity index (χ4v) is 9.46. The van der Waals surface area contributed by atoms with Gasteiger partial charge in [0, 0.05) is 7.11 Å². The van der Waals surface area contributed by atoms with Gasteiger partial charge in [-0.15, -0.1) is 0 Å². The molecule has 200 valence electrons. The Hall–Kier alpha value is 0.0569. The Morgan fingerprint density at radius 1 is 0.576 bits per heavy atom. The van der Waals surface area contributed by atoms with Crippen molar-refractivity contribution in [3.05, 3.63) is 0 Å². The minimum Gasteiger partial charge on any atom is -0.420 e. The molecular formula is C28H63N3OSi. The zero-order valence-electron chi connectivity index (χ0n) is 24.5. The Balaban J connectivity index is 5.56. The van der Waals surface area contributed by atoms with Crippen LogP contribution in [0.25, 0.3) is 0 Å². The summed E-state index contributed by atoms with van der Waals surface area (Å²) in [5.41, 5.74) is 0.446. The van der Waals surface area contributed by atoms with Gasteiger partial charge in [0.15, 0.2) is 8.32 Å². The van der Waals surface area contributed by atoms with Gasteiger partial charge in [-0.05, 0) is 142 Å². The zero-order valence-corrected chi connectivity index (χ0v) is 25.5. The van der Waals surface area contributed by atoms with E-state index in [4.69, 9.17) is 4.43 Å². The van der Waals surface area contributed by atoms with E-state index in [0.29, 0.717) is 5.41 Å². The van der Waals surface area contributed by atoms with Gasteiger partial charge in [0.25, 0.3) is 0 Å². The summed E-state index contributed by atoms with van der Waals surface area (Å²) < 4.78 is 6.40. The highest BCUT2D eigenvalue weighted by molar-refractivity contribution is 6.73. The molecule has 0 aliphatic rings. The molecule has 0 N–H and O–H groups in total. The molecule has 0 fully saturated rings. The Kier molecular flexibility index (Phi) is 19.3. The third-order valence-corrected chi connectivity index (χ3v) is 12.8. The topological polar surface area (TPSA) is 19.0 Å². The van der Waals surface area contributed by atoms with Crippen LogP contribution in [-0.4, -0.2) is 90.5 Å². The van der Waals surface area contributed by atoms with Crippen LogP contribution in [-0.2, 0) is 4.43 Å². The van der Waals surface area contributed by atoms with Crippen molar-refractivity contribution in [1.29, 1.82) is 0 Å². The van der Waals surface area contributed by atoms with Crippen molar-refractivity contribution in [2.45, 2.75) is 111 Å². The van der Waals surface area contributed by atoms with Gasteiger partial charge in [-0.25, -0.2) is 0 Å². The maximum absolute atomic E-state index is 6.40. The summed E-state index contributed by atoms with van der Waals surface area (Å²) in [6.45, 7) is 19.0. The highest BCUT2D eigenvalue weighted by Crippen LogP contribution is 2.45. The summed E-state index contributed by atoms with van der Waals surface area (Å²) in [5.74, 6) is 0. The fourth-order valence-electron chi connectivity index (χ4n) is 5.84. The van der Waals surface area contributed by atoms with E-state index >= 15 is 0 Å². The van der Waals surface area contributed by atoms with E-state index in [1.807, 2.05) is 7.11 Å². The van der Waals surface area contributed by atoms with Gasteiger partial charge in [-0.3, -0.25) is 0 Å². The van der Waals surface area contributed by atoms with Crippen LogP contribution in [0.3, 0.4) is 0 Å². The summed E-state index contributed by atoms with van der Waals surface area (Å²) >= 11 is 0. The average Bonchev–Trinajstić information content (AvgIpc) is 2.78. The molecule has 0 bridgehead atoms. The Morgan fingerprint density at radius 2 is 0.909 bits per heavy atom. The van der Waals surface area contributed by atoms with Gasteiger partial charge < -0.3 is 19.1 Å². The molecule has 0 radical (unpaired) electrons. The highest BCUT2D eigenvalue weighted by atomic mass is 28.4. The molecule has 0 saturated heterocycles. The molecule has 0 amide bonds. The van der Waals surface area contributed by atoms with Crippen molar-refractivity contribution in [2.24, 2.45) is 5.41 Å². The number of hydrogen-bond acceptors (Lipinski definition) is 4. The molecule has 0 saturated carbocycles. The Morgan fingerprint density at radius 3 is 1.15 bits per heavy atom. The third-order valence-electron chi connectivity index (χ3n) is 7.98. The summed E-state index contributed by atoms with van der Waals surface area (Å²) in [6.07, 6.45) is 11.8. The number of rotatable bonds is 23. The molecule has 0 heterocycles. The van der Waals surface area contributed by atoms with Crippen molar-refractivity contribution in [2.75, 3.05) is 67.5 Å². The SMILES string of the molecule is CCCN(C)CCCC(CCCN(C)CCC)(CCCN(C)CCC)C[Si](CC)(CC)OC. The first-order valence-corrected chi connectivity index (χ1v) is 16.9. The first kappa shape index (κ1) is 33.1. The molecule has 0 rings (SSSR count). The fraction of sp³-hybridized carbons (Fsp3) is 1.00. The Bertz CT molecular complexity index is 391. The molecule has 33 heavy (non-hydrogen) atoms. The summed E-state index contributed by atoms with van der Waals surface area (Å²) in [6, 6.07) is 3.86. The van der Waals surface area contributed by atoms with Crippen LogP contribution in [0.15, 0.2) is 0 Å². The van der Waals surface area contributed by atoms with Crippen LogP contribution in [0.1, 0.15) is 92.4 Å². The lowest BCUT2D eigenvalue weighted by atomic mass is 9.76. The van der Waals surface area contributed by atoms with E-state index in [0.717, 1.165) is 0 Å². The van der Waals surface area contributed by atoms with Gasteiger partial charge in [-0.1, -0.05) is 34.6 Å². The first-order valence-electron chi connectivity index (χ1n) is 14.4. The van der Waals surface area contributed by atoms with E-state index in [1.54, 1.807) is 0 Å². The lowest BCUT2D eigenvalue weighted by molar-refractivity contribution is 0.181. The van der Waals surface area contributed by atoms with E-state index in [1.165, 1.54) is 115 Å². The third kappa shape index (κ3) is 14.3. The second-order valence-electron chi connectivity index (χ2n) is 11.0. The van der Waals surface area contributed by atoms with Gasteiger partial charge in [-0.2, -0.15) is 0 Å². The minimum atomic E-state index is -1.67. The summed E-state index contributed by atoms with van der Waals surface area (Å²) in [5, 5.41) is 0. The largest absolute Gasteiger partial charge is 0.420 e. The zero-order chi connectivity index (χ0) is 25.2. The molecule has 0 aromatic carbocycles. The standard InChI is InChI=1S/C28H63N3OSi/c1-10-21-29(6)24-15-18-28(19-16-25-30(7)22-11-2,20-17-26-31(8)23-12-3)27-33(13-4,14-5)32-9/h10-27H2,1-9H3. The molecule has 0 atom stereocenters. The summed E-state index contributed by atoms with van der Waals surface area (Å²) in [4.78, 5) is 7.61. The van der Waals surface area contributed by atoms with Crippen LogP contribution < -0.4 is 0 Å². The maximum atomic E-state index is 6.40. The highest BCUT2D eigenvalue weighted by Gasteiger charge is 2.41. The quantitative estimate of drug-likeness (QED) is 0.145. The minimum absolute atomic E-state index is 0.446. The van der Waals surface area contributed by atoms with E-state index < -0.39 is 8.32 Å². The predicted molar refractivity (Wildman–Crippen MR) is 152 cm³/mol. The first-order chi connectivity index (χ1) is 15.8. The van der Waals surface area contributed by atoms with Crippen molar-refractivity contribution < 1.29 is 4.43 Å². The average molecular weight is 486 g/mol. The van der Waals surface area contributed by atoms with Crippen LogP contribution >= 0.6 is 0 Å². The van der Waals surface area contributed by atoms with Gasteiger partial charge in [0.2, 0.25) is 0 Å². The predicted octanol–water partition coefficient (Wildman–Crippen LogP) is 6.97. The van der Waals surface area contributed by atoms with E-state index in [-0.39, 0.29) is 0 Å².